The number of carbonyl (C=O) groups is 2. The van der Waals surface area contributed by atoms with Gasteiger partial charge in [0.05, 0.1) is 12.8 Å². The molecule has 2 aromatic carbocycles. The Morgan fingerprint density at radius 1 is 1.11 bits per heavy atom. The van der Waals surface area contributed by atoms with E-state index in [1.54, 1.807) is 29.2 Å². The van der Waals surface area contributed by atoms with Crippen molar-refractivity contribution in [3.05, 3.63) is 52.7 Å². The number of nitrogens with zero attached hydrogens (tertiary/aromatic N) is 1. The van der Waals surface area contributed by atoms with Gasteiger partial charge in [-0.2, -0.15) is 0 Å². The molecule has 5 nitrogen and oxygen atoms in total. The molecule has 1 amide bonds. The summed E-state index contributed by atoms with van der Waals surface area (Å²) in [6.45, 7) is 4.27. The van der Waals surface area contributed by atoms with Crippen molar-refractivity contribution in [1.82, 2.24) is 0 Å². The Morgan fingerprint density at radius 3 is 2.26 bits per heavy atom. The molecule has 8 heteroatoms. The summed E-state index contributed by atoms with van der Waals surface area (Å²) in [6, 6.07) is 10.7. The highest BCUT2D eigenvalue weighted by Gasteiger charge is 2.27. The average Bonchev–Trinajstić information content (AvgIpc) is 2.64. The van der Waals surface area contributed by atoms with Crippen LogP contribution in [-0.4, -0.2) is 23.5 Å². The van der Waals surface area contributed by atoms with Gasteiger partial charge in [0.25, 0.3) is 0 Å². The minimum absolute atomic E-state index is 0.0123. The Balaban J connectivity index is 2.55. The molecule has 0 spiro atoms. The molecule has 144 valence electrons. The number of anilines is 1. The van der Waals surface area contributed by atoms with Crippen molar-refractivity contribution >= 4 is 85.3 Å². The van der Waals surface area contributed by atoms with Gasteiger partial charge in [-0.25, -0.2) is 4.79 Å². The standard InChI is InChI=1S/C19H18I3NO4/c1-3-14(24)23(4-2)16-12(20)10-13(21)18(15(16)22)27-17(19(25)26)11-8-6-5-7-9-11/h5-10,17H,3-4H2,1-2H3,(H,25,26). The normalized spacial score (nSPS) is 11.7. The second-order valence-corrected chi connectivity index (χ2v) is 8.97. The topological polar surface area (TPSA) is 66.8 Å². The average molecular weight is 705 g/mol. The Morgan fingerprint density at radius 2 is 1.74 bits per heavy atom. The maximum absolute atomic E-state index is 12.4. The molecule has 0 aromatic heterocycles. The summed E-state index contributed by atoms with van der Waals surface area (Å²) in [7, 11) is 0. The molecule has 0 aliphatic carbocycles. The first-order chi connectivity index (χ1) is 12.8. The molecule has 0 heterocycles. The lowest BCUT2D eigenvalue weighted by molar-refractivity contribution is -0.145. The van der Waals surface area contributed by atoms with E-state index >= 15 is 0 Å². The predicted octanol–water partition coefficient (Wildman–Crippen LogP) is 5.47. The van der Waals surface area contributed by atoms with Gasteiger partial charge < -0.3 is 14.7 Å². The van der Waals surface area contributed by atoms with Gasteiger partial charge in [-0.15, -0.1) is 0 Å². The van der Waals surface area contributed by atoms with E-state index < -0.39 is 12.1 Å². The quantitative estimate of drug-likeness (QED) is 0.389. The van der Waals surface area contributed by atoms with Crippen molar-refractivity contribution in [3.8, 4) is 5.75 Å². The lowest BCUT2D eigenvalue weighted by Crippen LogP contribution is -2.31. The van der Waals surface area contributed by atoms with E-state index in [0.717, 1.165) is 16.4 Å². The monoisotopic (exact) mass is 705 g/mol. The molecule has 0 saturated heterocycles. The Hall–Kier alpha value is -0.630. The summed E-state index contributed by atoms with van der Waals surface area (Å²) in [5.41, 5.74) is 1.33. The fraction of sp³-hybridized carbons (Fsp3) is 0.263. The van der Waals surface area contributed by atoms with E-state index in [1.807, 2.05) is 26.0 Å². The van der Waals surface area contributed by atoms with E-state index in [-0.39, 0.29) is 5.91 Å². The smallest absolute Gasteiger partial charge is 0.349 e. The number of carboxylic acids is 1. The van der Waals surface area contributed by atoms with Gasteiger partial charge >= 0.3 is 5.97 Å². The molecule has 2 aromatic rings. The number of halogens is 3. The lowest BCUT2D eigenvalue weighted by atomic mass is 10.1. The van der Waals surface area contributed by atoms with Gasteiger partial charge in [-0.3, -0.25) is 4.79 Å². The van der Waals surface area contributed by atoms with E-state index in [4.69, 9.17) is 4.74 Å². The third kappa shape index (κ3) is 5.25. The van der Waals surface area contributed by atoms with Crippen LogP contribution in [0.25, 0.3) is 0 Å². The van der Waals surface area contributed by atoms with Gasteiger partial charge in [-0.05, 0) is 80.8 Å². The van der Waals surface area contributed by atoms with E-state index in [1.165, 1.54) is 0 Å². The van der Waals surface area contributed by atoms with Crippen LogP contribution in [0.1, 0.15) is 31.9 Å². The first-order valence-corrected chi connectivity index (χ1v) is 11.5. The number of aliphatic carboxylic acids is 1. The number of hydrogen-bond donors (Lipinski definition) is 1. The van der Waals surface area contributed by atoms with Crippen molar-refractivity contribution in [1.29, 1.82) is 0 Å². The van der Waals surface area contributed by atoms with Crippen LogP contribution in [0.15, 0.2) is 36.4 Å². The predicted molar refractivity (Wildman–Crippen MR) is 130 cm³/mol. The van der Waals surface area contributed by atoms with Crippen LogP contribution < -0.4 is 9.64 Å². The van der Waals surface area contributed by atoms with Crippen molar-refractivity contribution in [2.24, 2.45) is 0 Å². The molecular weight excluding hydrogens is 687 g/mol. The Labute approximate surface area is 199 Å². The molecule has 0 fully saturated rings. The maximum atomic E-state index is 12.4. The molecular formula is C19H18I3NO4. The van der Waals surface area contributed by atoms with Crippen LogP contribution >= 0.6 is 67.8 Å². The van der Waals surface area contributed by atoms with E-state index in [0.29, 0.717) is 24.3 Å². The zero-order valence-electron chi connectivity index (χ0n) is 14.7. The van der Waals surface area contributed by atoms with Crippen molar-refractivity contribution < 1.29 is 19.4 Å². The number of ether oxygens (including phenoxy) is 1. The first kappa shape index (κ1) is 22.7. The van der Waals surface area contributed by atoms with Crippen LogP contribution in [0.3, 0.4) is 0 Å². The highest BCUT2D eigenvalue weighted by Crippen LogP contribution is 2.41. The molecule has 0 aliphatic heterocycles. The summed E-state index contributed by atoms with van der Waals surface area (Å²) in [5.74, 6) is -0.576. The van der Waals surface area contributed by atoms with Crippen molar-refractivity contribution in [2.45, 2.75) is 26.4 Å². The molecule has 0 bridgehead atoms. The molecule has 1 N–H and O–H groups in total. The van der Waals surface area contributed by atoms with Crippen molar-refractivity contribution in [2.75, 3.05) is 11.4 Å². The maximum Gasteiger partial charge on any atom is 0.349 e. The number of carbonyl (C=O) groups excluding carboxylic acids is 1. The number of rotatable bonds is 7. The second kappa shape index (κ2) is 10.2. The molecule has 0 saturated carbocycles. The van der Waals surface area contributed by atoms with Gasteiger partial charge in [0.1, 0.15) is 5.75 Å². The van der Waals surface area contributed by atoms with Crippen LogP contribution in [0.4, 0.5) is 5.69 Å². The molecule has 0 radical (unpaired) electrons. The Bertz CT molecular complexity index is 843. The third-order valence-electron chi connectivity index (χ3n) is 3.86. The molecule has 2 rings (SSSR count). The number of benzene rings is 2. The molecule has 1 atom stereocenters. The zero-order chi connectivity index (χ0) is 20.1. The summed E-state index contributed by atoms with van der Waals surface area (Å²) < 4.78 is 8.42. The van der Waals surface area contributed by atoms with Crippen LogP contribution in [0.2, 0.25) is 0 Å². The third-order valence-corrected chi connectivity index (χ3v) is 6.48. The summed E-state index contributed by atoms with van der Waals surface area (Å²) in [4.78, 5) is 25.9. The largest absolute Gasteiger partial charge is 0.478 e. The highest BCUT2D eigenvalue weighted by molar-refractivity contribution is 14.1. The van der Waals surface area contributed by atoms with Crippen LogP contribution in [0.5, 0.6) is 5.75 Å². The van der Waals surface area contributed by atoms with Gasteiger partial charge in [0, 0.05) is 22.1 Å². The summed E-state index contributed by atoms with van der Waals surface area (Å²) in [6.07, 6.45) is -0.734. The molecule has 0 aliphatic rings. The summed E-state index contributed by atoms with van der Waals surface area (Å²) >= 11 is 6.47. The van der Waals surface area contributed by atoms with Crippen molar-refractivity contribution in [3.63, 3.8) is 0 Å². The number of amides is 1. The number of carboxylic acid groups (broad SMARTS) is 1. The minimum Gasteiger partial charge on any atom is -0.478 e. The zero-order valence-corrected chi connectivity index (χ0v) is 21.2. The lowest BCUT2D eigenvalue weighted by Gasteiger charge is -2.26. The fourth-order valence-electron chi connectivity index (χ4n) is 2.57. The van der Waals surface area contributed by atoms with Crippen LogP contribution in [0, 0.1) is 10.7 Å². The Kier molecular flexibility index (Phi) is 8.59. The minimum atomic E-state index is -1.13. The van der Waals surface area contributed by atoms with E-state index in [9.17, 15) is 14.7 Å². The molecule has 27 heavy (non-hydrogen) atoms. The first-order valence-electron chi connectivity index (χ1n) is 8.24. The molecule has 1 unspecified atom stereocenters. The van der Waals surface area contributed by atoms with E-state index in [2.05, 4.69) is 67.8 Å². The summed E-state index contributed by atoms with van der Waals surface area (Å²) in [5, 5.41) is 9.68. The fourth-order valence-corrected chi connectivity index (χ4v) is 6.78. The number of hydrogen-bond acceptors (Lipinski definition) is 3. The van der Waals surface area contributed by atoms with Gasteiger partial charge in [0.15, 0.2) is 0 Å². The van der Waals surface area contributed by atoms with Crippen LogP contribution in [-0.2, 0) is 9.59 Å². The van der Waals surface area contributed by atoms with Gasteiger partial charge in [0.2, 0.25) is 12.0 Å². The second-order valence-electron chi connectivity index (χ2n) is 5.57. The highest BCUT2D eigenvalue weighted by atomic mass is 127. The SMILES string of the molecule is CCC(=O)N(CC)c1c(I)cc(I)c(OC(C(=O)O)c2ccccc2)c1I. The van der Waals surface area contributed by atoms with Gasteiger partial charge in [-0.1, -0.05) is 37.3 Å².